The highest BCUT2D eigenvalue weighted by molar-refractivity contribution is 5.76. The number of rotatable bonds is 64. The van der Waals surface area contributed by atoms with E-state index in [4.69, 9.17) is 4.74 Å². The van der Waals surface area contributed by atoms with Crippen molar-refractivity contribution in [1.82, 2.24) is 5.32 Å². The molecule has 0 aliphatic heterocycles. The summed E-state index contributed by atoms with van der Waals surface area (Å²) in [6.45, 7) is 4.98. The fraction of sp³-hybridized carbons (Fsp3) is 0.913. The van der Waals surface area contributed by atoms with E-state index >= 15 is 0 Å². The second kappa shape index (κ2) is 64.9. The smallest absolute Gasteiger partial charge is 0.305 e. The molecule has 0 saturated heterocycles. The number of ether oxygens (including phenoxy) is 1. The van der Waals surface area contributed by atoms with Crippen molar-refractivity contribution >= 4 is 11.9 Å². The SMILES string of the molecule is CCCCCCCC/C=C\CCCCCCCCCCCC(=O)OCCCCCCCCCCCCCC/C=C\CCCCCCCCCC(=O)NC(CO)C(O)CCCCCCCCCCCCCCCCCC. The predicted molar refractivity (Wildman–Crippen MR) is 329 cm³/mol. The van der Waals surface area contributed by atoms with Crippen LogP contribution >= 0.6 is 0 Å². The molecule has 0 bridgehead atoms. The summed E-state index contributed by atoms with van der Waals surface area (Å²) in [5.74, 6) is -0.0267. The summed E-state index contributed by atoms with van der Waals surface area (Å²) in [5, 5.41) is 23.3. The molecule has 2 atom stereocenters. The van der Waals surface area contributed by atoms with Crippen molar-refractivity contribution in [2.75, 3.05) is 13.2 Å². The van der Waals surface area contributed by atoms with Gasteiger partial charge in [-0.05, 0) is 77.0 Å². The summed E-state index contributed by atoms with van der Waals surface area (Å²) in [6.07, 6.45) is 80.6. The van der Waals surface area contributed by atoms with Crippen LogP contribution in [0, 0.1) is 0 Å². The number of esters is 1. The molecule has 0 aromatic rings. The van der Waals surface area contributed by atoms with Crippen molar-refractivity contribution in [1.29, 1.82) is 0 Å². The van der Waals surface area contributed by atoms with Crippen molar-refractivity contribution < 1.29 is 24.5 Å². The number of aliphatic hydroxyl groups excluding tert-OH is 2. The van der Waals surface area contributed by atoms with E-state index in [-0.39, 0.29) is 18.5 Å². The molecule has 0 saturated carbocycles. The Morgan fingerprint density at radius 2 is 0.627 bits per heavy atom. The van der Waals surface area contributed by atoms with Gasteiger partial charge in [0.1, 0.15) is 0 Å². The zero-order valence-corrected chi connectivity index (χ0v) is 50.8. The molecule has 0 radical (unpaired) electrons. The van der Waals surface area contributed by atoms with Crippen LogP contribution in [-0.2, 0) is 14.3 Å². The molecular weight excluding hydrogens is 923 g/mol. The molecule has 6 heteroatoms. The van der Waals surface area contributed by atoms with Crippen molar-refractivity contribution in [3.63, 3.8) is 0 Å². The van der Waals surface area contributed by atoms with Crippen LogP contribution in [0.2, 0.25) is 0 Å². The molecule has 75 heavy (non-hydrogen) atoms. The number of hydrogen-bond acceptors (Lipinski definition) is 5. The number of unbranched alkanes of at least 4 members (excludes halogenated alkanes) is 49. The van der Waals surface area contributed by atoms with Crippen LogP contribution in [0.5, 0.6) is 0 Å². The van der Waals surface area contributed by atoms with Crippen molar-refractivity contribution in [3.05, 3.63) is 24.3 Å². The third-order valence-electron chi connectivity index (χ3n) is 16.0. The first-order valence-electron chi connectivity index (χ1n) is 34.1. The highest BCUT2D eigenvalue weighted by atomic mass is 16.5. The van der Waals surface area contributed by atoms with Crippen LogP contribution in [-0.4, -0.2) is 47.4 Å². The number of nitrogens with one attached hydrogen (secondary N) is 1. The van der Waals surface area contributed by atoms with Crippen LogP contribution in [0.3, 0.4) is 0 Å². The molecule has 0 aromatic heterocycles. The zero-order chi connectivity index (χ0) is 54.3. The van der Waals surface area contributed by atoms with Gasteiger partial charge in [0.25, 0.3) is 0 Å². The maximum absolute atomic E-state index is 12.5. The van der Waals surface area contributed by atoms with Crippen LogP contribution in [0.4, 0.5) is 0 Å². The summed E-state index contributed by atoms with van der Waals surface area (Å²) in [7, 11) is 0. The quantitative estimate of drug-likeness (QED) is 0.0320. The van der Waals surface area contributed by atoms with E-state index in [0.717, 1.165) is 44.9 Å². The van der Waals surface area contributed by atoms with E-state index in [1.165, 1.54) is 302 Å². The standard InChI is InChI=1S/C69H133NO5/c1-3-5-7-9-11-13-15-17-19-21-27-31-35-39-43-47-51-55-59-63-69(74)75-64-60-56-52-48-44-40-36-32-29-26-24-22-23-25-28-30-34-38-42-46-50-54-58-62-68(73)70-66(65-71)67(72)61-57-53-49-45-41-37-33-20-18-16-14-12-10-8-6-4-2/h17,19,25,28,66-67,71-72H,3-16,18,20-24,26-27,29-65H2,1-2H3,(H,70,73)/b19-17-,28-25-. The van der Waals surface area contributed by atoms with E-state index in [1.807, 2.05) is 0 Å². The predicted octanol–water partition coefficient (Wildman–Crippen LogP) is 21.8. The monoisotopic (exact) mass is 1060 g/mol. The van der Waals surface area contributed by atoms with Gasteiger partial charge in [0, 0.05) is 12.8 Å². The maximum atomic E-state index is 12.5. The topological polar surface area (TPSA) is 95.9 Å². The van der Waals surface area contributed by atoms with Gasteiger partial charge in [-0.1, -0.05) is 314 Å². The lowest BCUT2D eigenvalue weighted by molar-refractivity contribution is -0.143. The molecule has 6 nitrogen and oxygen atoms in total. The highest BCUT2D eigenvalue weighted by Gasteiger charge is 2.20. The Morgan fingerprint density at radius 3 is 0.947 bits per heavy atom. The lowest BCUT2D eigenvalue weighted by atomic mass is 10.0. The molecule has 2 unspecified atom stereocenters. The molecule has 0 heterocycles. The summed E-state index contributed by atoms with van der Waals surface area (Å²) < 4.78 is 5.50. The fourth-order valence-corrected chi connectivity index (χ4v) is 10.7. The summed E-state index contributed by atoms with van der Waals surface area (Å²) in [5.41, 5.74) is 0. The summed E-state index contributed by atoms with van der Waals surface area (Å²) in [6, 6.07) is -0.546. The second-order valence-corrected chi connectivity index (χ2v) is 23.5. The lowest BCUT2D eigenvalue weighted by Crippen LogP contribution is -2.45. The van der Waals surface area contributed by atoms with Crippen LogP contribution in [0.15, 0.2) is 24.3 Å². The molecule has 0 rings (SSSR count). The first-order valence-corrected chi connectivity index (χ1v) is 34.1. The summed E-state index contributed by atoms with van der Waals surface area (Å²) in [4.78, 5) is 24.6. The lowest BCUT2D eigenvalue weighted by Gasteiger charge is -2.22. The van der Waals surface area contributed by atoms with E-state index in [1.54, 1.807) is 0 Å². The molecule has 0 aliphatic carbocycles. The maximum Gasteiger partial charge on any atom is 0.305 e. The van der Waals surface area contributed by atoms with Gasteiger partial charge in [0.15, 0.2) is 0 Å². The Hall–Kier alpha value is -1.66. The van der Waals surface area contributed by atoms with Gasteiger partial charge in [-0.3, -0.25) is 9.59 Å². The third kappa shape index (κ3) is 61.4. The minimum atomic E-state index is -0.668. The van der Waals surface area contributed by atoms with Crippen LogP contribution in [0.25, 0.3) is 0 Å². The Balaban J connectivity index is 3.39. The fourth-order valence-electron chi connectivity index (χ4n) is 10.7. The second-order valence-electron chi connectivity index (χ2n) is 23.5. The van der Waals surface area contributed by atoms with E-state index in [2.05, 4.69) is 43.5 Å². The molecule has 0 aliphatic rings. The first kappa shape index (κ1) is 73.3. The normalized spacial score (nSPS) is 12.6. The molecule has 0 spiro atoms. The van der Waals surface area contributed by atoms with E-state index in [9.17, 15) is 19.8 Å². The van der Waals surface area contributed by atoms with Gasteiger partial charge in [-0.25, -0.2) is 0 Å². The average molecular weight is 1060 g/mol. The van der Waals surface area contributed by atoms with Gasteiger partial charge in [-0.2, -0.15) is 0 Å². The largest absolute Gasteiger partial charge is 0.466 e. The molecule has 0 aromatic carbocycles. The summed E-state index contributed by atoms with van der Waals surface area (Å²) >= 11 is 0. The van der Waals surface area contributed by atoms with Crippen molar-refractivity contribution in [2.24, 2.45) is 0 Å². The Morgan fingerprint density at radius 1 is 0.360 bits per heavy atom. The minimum Gasteiger partial charge on any atom is -0.466 e. The van der Waals surface area contributed by atoms with Gasteiger partial charge >= 0.3 is 5.97 Å². The molecule has 1 amide bonds. The van der Waals surface area contributed by atoms with Crippen molar-refractivity contribution in [3.8, 4) is 0 Å². The Bertz CT molecular complexity index is 1170. The van der Waals surface area contributed by atoms with Gasteiger partial charge in [-0.15, -0.1) is 0 Å². The number of aliphatic hydroxyl groups is 2. The zero-order valence-electron chi connectivity index (χ0n) is 50.8. The first-order chi connectivity index (χ1) is 37.0. The van der Waals surface area contributed by atoms with Crippen LogP contribution in [0.1, 0.15) is 380 Å². The highest BCUT2D eigenvalue weighted by Crippen LogP contribution is 2.18. The number of allylic oxidation sites excluding steroid dienone is 4. The molecular formula is C69H133NO5. The Kier molecular flexibility index (Phi) is 63.4. The number of amides is 1. The number of carbonyl (C=O) groups is 2. The van der Waals surface area contributed by atoms with Gasteiger partial charge in [0.05, 0.1) is 25.4 Å². The van der Waals surface area contributed by atoms with E-state index in [0.29, 0.717) is 25.9 Å². The number of carbonyl (C=O) groups excluding carboxylic acids is 2. The molecule has 0 fully saturated rings. The molecule has 444 valence electrons. The Labute approximate surface area is 469 Å². The third-order valence-corrected chi connectivity index (χ3v) is 16.0. The van der Waals surface area contributed by atoms with Gasteiger partial charge in [0.2, 0.25) is 5.91 Å². The average Bonchev–Trinajstić information content (AvgIpc) is 3.41. The van der Waals surface area contributed by atoms with Crippen LogP contribution < -0.4 is 5.32 Å². The minimum absolute atomic E-state index is 0.0118. The van der Waals surface area contributed by atoms with Crippen molar-refractivity contribution in [2.45, 2.75) is 392 Å². The van der Waals surface area contributed by atoms with E-state index < -0.39 is 12.1 Å². The number of hydrogen-bond donors (Lipinski definition) is 3. The molecule has 3 N–H and O–H groups in total. The van der Waals surface area contributed by atoms with Gasteiger partial charge < -0.3 is 20.3 Å².